The van der Waals surface area contributed by atoms with E-state index in [1.807, 2.05) is 38.2 Å². The Morgan fingerprint density at radius 2 is 2.10 bits per heavy atom. The van der Waals surface area contributed by atoms with Crippen LogP contribution in [0.5, 0.6) is 0 Å². The number of halogens is 1. The van der Waals surface area contributed by atoms with E-state index in [4.69, 9.17) is 11.6 Å². The molecule has 1 saturated heterocycles. The van der Waals surface area contributed by atoms with Gasteiger partial charge in [0.1, 0.15) is 6.54 Å². The number of hydrogen-bond acceptors (Lipinski definition) is 2. The summed E-state index contributed by atoms with van der Waals surface area (Å²) >= 11 is 5.85. The summed E-state index contributed by atoms with van der Waals surface area (Å²) in [5, 5.41) is 3.34. The van der Waals surface area contributed by atoms with Gasteiger partial charge in [-0.1, -0.05) is 23.7 Å². The van der Waals surface area contributed by atoms with Gasteiger partial charge in [-0.3, -0.25) is 9.69 Å². The molecule has 0 bridgehead atoms. The maximum atomic E-state index is 12.3. The number of rotatable bonds is 4. The monoisotopic (exact) mass is 296 g/mol. The Bertz CT molecular complexity index is 504. The molecule has 1 aromatic carbocycles. The second kappa shape index (κ2) is 6.24. The van der Waals surface area contributed by atoms with Crippen molar-refractivity contribution in [1.29, 1.82) is 0 Å². The number of nitrogens with zero attached hydrogens (tertiary/aromatic N) is 1. The topological polar surface area (TPSA) is 53.9 Å². The summed E-state index contributed by atoms with van der Waals surface area (Å²) in [5.74, 6) is -0.133. The molecule has 2 N–H and O–H groups in total. The Morgan fingerprint density at radius 1 is 1.45 bits per heavy atom. The fourth-order valence-corrected chi connectivity index (χ4v) is 2.33. The molecule has 0 aliphatic carbocycles. The average Bonchev–Trinajstić information content (AvgIpc) is 2.86. The van der Waals surface area contributed by atoms with Gasteiger partial charge in [0.25, 0.3) is 5.91 Å². The summed E-state index contributed by atoms with van der Waals surface area (Å²) in [6.45, 7) is 3.54. The molecule has 20 heavy (non-hydrogen) atoms. The number of likely N-dealkylation sites (N-methyl/N-ethyl adjacent to an activating group) is 1. The first-order chi connectivity index (χ1) is 9.49. The van der Waals surface area contributed by atoms with Crippen molar-refractivity contribution in [3.05, 3.63) is 34.9 Å². The summed E-state index contributed by atoms with van der Waals surface area (Å²) in [6, 6.07) is 7.02. The molecular formula is C14H19ClN3O2+. The van der Waals surface area contributed by atoms with Crippen LogP contribution in [0.25, 0.3) is 0 Å². The number of nitrogens with one attached hydrogen (secondary N) is 2. The maximum Gasteiger partial charge on any atom is 0.324 e. The number of amides is 3. The summed E-state index contributed by atoms with van der Waals surface area (Å²) < 4.78 is 0. The molecule has 0 radical (unpaired) electrons. The molecule has 1 heterocycles. The van der Waals surface area contributed by atoms with E-state index in [0.717, 1.165) is 10.5 Å². The molecule has 1 aromatic rings. The predicted molar refractivity (Wildman–Crippen MR) is 76.6 cm³/mol. The zero-order valence-electron chi connectivity index (χ0n) is 11.6. The minimum atomic E-state index is -0.291. The molecule has 1 unspecified atom stereocenters. The highest BCUT2D eigenvalue weighted by Crippen LogP contribution is 2.08. The van der Waals surface area contributed by atoms with Gasteiger partial charge in [0, 0.05) is 23.7 Å². The van der Waals surface area contributed by atoms with E-state index < -0.39 is 0 Å². The zero-order chi connectivity index (χ0) is 14.7. The second-order valence-corrected chi connectivity index (χ2v) is 5.53. The van der Waals surface area contributed by atoms with Gasteiger partial charge < -0.3 is 10.2 Å². The molecule has 108 valence electrons. The predicted octanol–water partition coefficient (Wildman–Crippen LogP) is 0.295. The van der Waals surface area contributed by atoms with Gasteiger partial charge in [0.05, 0.1) is 7.05 Å². The molecule has 3 amide bonds. The number of imide groups is 1. The molecule has 0 spiro atoms. The molecule has 1 aliphatic heterocycles. The van der Waals surface area contributed by atoms with E-state index in [1.165, 1.54) is 4.90 Å². The molecule has 0 saturated carbocycles. The second-order valence-electron chi connectivity index (χ2n) is 5.09. The van der Waals surface area contributed by atoms with E-state index in [9.17, 15) is 9.59 Å². The van der Waals surface area contributed by atoms with Crippen molar-refractivity contribution in [2.24, 2.45) is 0 Å². The van der Waals surface area contributed by atoms with Crippen molar-refractivity contribution >= 4 is 23.5 Å². The van der Waals surface area contributed by atoms with Crippen LogP contribution in [0.4, 0.5) is 4.79 Å². The van der Waals surface area contributed by atoms with Gasteiger partial charge in [0.2, 0.25) is 0 Å². The van der Waals surface area contributed by atoms with Gasteiger partial charge >= 0.3 is 6.03 Å². The number of urea groups is 1. The van der Waals surface area contributed by atoms with Crippen molar-refractivity contribution in [2.45, 2.75) is 19.5 Å². The number of benzene rings is 1. The maximum absolute atomic E-state index is 12.3. The summed E-state index contributed by atoms with van der Waals surface area (Å²) in [6.07, 6.45) is 0. The highest BCUT2D eigenvalue weighted by atomic mass is 35.5. The Morgan fingerprint density at radius 3 is 2.65 bits per heavy atom. The fourth-order valence-electron chi connectivity index (χ4n) is 2.20. The lowest BCUT2D eigenvalue weighted by Gasteiger charge is -2.24. The molecule has 1 fully saturated rings. The third-order valence-corrected chi connectivity index (χ3v) is 3.88. The molecule has 2 atom stereocenters. The van der Waals surface area contributed by atoms with Gasteiger partial charge in [-0.05, 0) is 19.1 Å². The molecule has 0 aromatic heterocycles. The van der Waals surface area contributed by atoms with E-state index in [1.54, 1.807) is 0 Å². The van der Waals surface area contributed by atoms with Gasteiger partial charge in [-0.25, -0.2) is 4.79 Å². The van der Waals surface area contributed by atoms with Gasteiger partial charge in [-0.2, -0.15) is 0 Å². The summed E-state index contributed by atoms with van der Waals surface area (Å²) in [5.41, 5.74) is 1.11. The van der Waals surface area contributed by atoms with Crippen LogP contribution in [-0.2, 0) is 11.3 Å². The first-order valence-corrected chi connectivity index (χ1v) is 7.03. The van der Waals surface area contributed by atoms with Crippen LogP contribution in [0.1, 0.15) is 12.5 Å². The van der Waals surface area contributed by atoms with Gasteiger partial charge in [0.15, 0.2) is 6.04 Å². The molecule has 1 aliphatic rings. The third kappa shape index (κ3) is 3.29. The van der Waals surface area contributed by atoms with Gasteiger partial charge in [-0.15, -0.1) is 0 Å². The number of quaternary nitrogens is 1. The lowest BCUT2D eigenvalue weighted by molar-refractivity contribution is -0.908. The minimum absolute atomic E-state index is 0.133. The minimum Gasteiger partial charge on any atom is -0.336 e. The van der Waals surface area contributed by atoms with Crippen molar-refractivity contribution in [2.75, 3.05) is 20.1 Å². The Balaban J connectivity index is 1.97. The zero-order valence-corrected chi connectivity index (χ0v) is 12.4. The SMILES string of the molecule is C[C@@H](C(=O)N1CCNC1=O)[NH+](C)Cc1ccc(Cl)cc1. The highest BCUT2D eigenvalue weighted by Gasteiger charge is 2.33. The van der Waals surface area contributed by atoms with Crippen LogP contribution < -0.4 is 10.2 Å². The molecule has 5 nitrogen and oxygen atoms in total. The standard InChI is InChI=1S/C14H18ClN3O2/c1-10(13(19)18-8-7-16-14(18)20)17(2)9-11-3-5-12(15)6-4-11/h3-6,10H,7-9H2,1-2H3,(H,16,20)/p+1/t10-/m0/s1. The lowest BCUT2D eigenvalue weighted by atomic mass is 10.2. The fraction of sp³-hybridized carbons (Fsp3) is 0.429. The van der Waals surface area contributed by atoms with Crippen LogP contribution in [-0.4, -0.2) is 43.0 Å². The van der Waals surface area contributed by atoms with E-state index in [2.05, 4.69) is 5.32 Å². The molecule has 2 rings (SSSR count). The smallest absolute Gasteiger partial charge is 0.324 e. The lowest BCUT2D eigenvalue weighted by Crippen LogP contribution is -3.12. The Hall–Kier alpha value is -1.59. The highest BCUT2D eigenvalue weighted by molar-refractivity contribution is 6.30. The summed E-state index contributed by atoms with van der Waals surface area (Å²) in [7, 11) is 1.95. The van der Waals surface area contributed by atoms with Crippen molar-refractivity contribution < 1.29 is 14.5 Å². The average molecular weight is 297 g/mol. The largest absolute Gasteiger partial charge is 0.336 e. The number of carbonyl (C=O) groups is 2. The summed E-state index contributed by atoms with van der Waals surface area (Å²) in [4.78, 5) is 26.1. The Labute approximate surface area is 123 Å². The first kappa shape index (κ1) is 14.8. The molecular weight excluding hydrogens is 278 g/mol. The van der Waals surface area contributed by atoms with Crippen molar-refractivity contribution in [1.82, 2.24) is 10.2 Å². The first-order valence-electron chi connectivity index (χ1n) is 6.65. The van der Waals surface area contributed by atoms with Crippen molar-refractivity contribution in [3.8, 4) is 0 Å². The van der Waals surface area contributed by atoms with Crippen LogP contribution in [0.3, 0.4) is 0 Å². The van der Waals surface area contributed by atoms with Crippen molar-refractivity contribution in [3.63, 3.8) is 0 Å². The third-order valence-electron chi connectivity index (χ3n) is 3.63. The number of hydrogen-bond donors (Lipinski definition) is 2. The van der Waals surface area contributed by atoms with E-state index >= 15 is 0 Å². The van der Waals surface area contributed by atoms with E-state index in [0.29, 0.717) is 24.7 Å². The van der Waals surface area contributed by atoms with Crippen LogP contribution in [0.15, 0.2) is 24.3 Å². The molecule has 6 heteroatoms. The number of carbonyl (C=O) groups excluding carboxylic acids is 2. The van der Waals surface area contributed by atoms with Crippen LogP contribution in [0, 0.1) is 0 Å². The van der Waals surface area contributed by atoms with Crippen LogP contribution in [0.2, 0.25) is 5.02 Å². The van der Waals surface area contributed by atoms with E-state index in [-0.39, 0.29) is 18.0 Å². The van der Waals surface area contributed by atoms with Crippen LogP contribution >= 0.6 is 11.6 Å². The normalized spacial score (nSPS) is 17.8. The Kier molecular flexibility index (Phi) is 4.62. The quantitative estimate of drug-likeness (QED) is 0.839.